The van der Waals surface area contributed by atoms with E-state index in [-0.39, 0.29) is 28.2 Å². The molecule has 0 radical (unpaired) electrons. The molecule has 4 aromatic rings. The summed E-state index contributed by atoms with van der Waals surface area (Å²) in [5.41, 5.74) is 1.38. The van der Waals surface area contributed by atoms with Crippen molar-refractivity contribution in [3.8, 4) is 0 Å². The van der Waals surface area contributed by atoms with E-state index in [4.69, 9.17) is 34.8 Å². The van der Waals surface area contributed by atoms with Gasteiger partial charge in [-0.3, -0.25) is 9.52 Å². The SMILES string of the molecule is O=C(NCc1c(Cl)cc(Cl)cc1Cl)c1ccc(Br)cc1NS(=O)(=O)c1cccc2nsnc12. The van der Waals surface area contributed by atoms with Gasteiger partial charge in [-0.25, -0.2) is 8.42 Å². The second kappa shape index (κ2) is 9.73. The number of rotatable bonds is 6. The Bertz CT molecular complexity index is 1470. The maximum atomic E-state index is 13.1. The van der Waals surface area contributed by atoms with Gasteiger partial charge in [-0.1, -0.05) is 56.8 Å². The van der Waals surface area contributed by atoms with E-state index in [9.17, 15) is 13.2 Å². The summed E-state index contributed by atoms with van der Waals surface area (Å²) in [7, 11) is -4.07. The van der Waals surface area contributed by atoms with Crippen LogP contribution in [0.4, 0.5) is 5.69 Å². The molecule has 0 saturated heterocycles. The lowest BCUT2D eigenvalue weighted by molar-refractivity contribution is 0.0952. The highest BCUT2D eigenvalue weighted by Gasteiger charge is 2.23. The Morgan fingerprint density at radius 1 is 1.03 bits per heavy atom. The second-order valence-electron chi connectivity index (χ2n) is 6.71. The number of carbonyl (C=O) groups excluding carboxylic acids is 1. The van der Waals surface area contributed by atoms with Crippen molar-refractivity contribution < 1.29 is 13.2 Å². The maximum absolute atomic E-state index is 13.1. The first-order valence-corrected chi connectivity index (χ1v) is 13.2. The number of carbonyl (C=O) groups is 1. The van der Waals surface area contributed by atoms with E-state index in [0.29, 0.717) is 30.6 Å². The number of benzene rings is 3. The van der Waals surface area contributed by atoms with Crippen LogP contribution in [0.25, 0.3) is 11.0 Å². The van der Waals surface area contributed by atoms with Gasteiger partial charge in [0.05, 0.1) is 23.0 Å². The molecule has 0 spiro atoms. The summed E-state index contributed by atoms with van der Waals surface area (Å²) in [5.74, 6) is -0.532. The standard InChI is InChI=1S/C20H12BrCl3N4O3S2/c21-10-4-5-12(20(29)25-9-13-14(23)7-11(22)8-15(13)24)17(6-10)28-33(30,31)18-3-1-2-16-19(18)27-32-26-16/h1-8,28H,9H2,(H,25,29). The highest BCUT2D eigenvalue weighted by Crippen LogP contribution is 2.30. The molecule has 0 aliphatic heterocycles. The van der Waals surface area contributed by atoms with Gasteiger partial charge >= 0.3 is 0 Å². The summed E-state index contributed by atoms with van der Waals surface area (Å²) >= 11 is 22.5. The summed E-state index contributed by atoms with van der Waals surface area (Å²) < 4.78 is 37.5. The fraction of sp³-hybridized carbons (Fsp3) is 0.0500. The van der Waals surface area contributed by atoms with Crippen molar-refractivity contribution >= 4 is 95.1 Å². The Morgan fingerprint density at radius 3 is 2.48 bits per heavy atom. The van der Waals surface area contributed by atoms with E-state index in [0.717, 1.165) is 11.7 Å². The van der Waals surface area contributed by atoms with Crippen LogP contribution in [0.5, 0.6) is 0 Å². The Kier molecular flexibility index (Phi) is 7.13. The molecule has 7 nitrogen and oxygen atoms in total. The number of halogens is 4. The van der Waals surface area contributed by atoms with Crippen molar-refractivity contribution in [2.24, 2.45) is 0 Å². The first kappa shape index (κ1) is 24.2. The van der Waals surface area contributed by atoms with Crippen molar-refractivity contribution in [1.82, 2.24) is 14.1 Å². The number of sulfonamides is 1. The molecule has 0 bridgehead atoms. The fourth-order valence-corrected chi connectivity index (χ4v) is 6.15. The van der Waals surface area contributed by atoms with Gasteiger partial charge in [0.2, 0.25) is 0 Å². The summed E-state index contributed by atoms with van der Waals surface area (Å²) in [6.45, 7) is 0.0136. The van der Waals surface area contributed by atoms with Crippen molar-refractivity contribution in [3.05, 3.63) is 79.2 Å². The summed E-state index contributed by atoms with van der Waals surface area (Å²) in [5, 5.41) is 3.68. The van der Waals surface area contributed by atoms with Gasteiger partial charge in [-0.2, -0.15) is 8.75 Å². The van der Waals surface area contributed by atoms with E-state index < -0.39 is 15.9 Å². The van der Waals surface area contributed by atoms with E-state index >= 15 is 0 Å². The minimum atomic E-state index is -4.07. The molecule has 170 valence electrons. The van der Waals surface area contributed by atoms with Gasteiger partial charge in [0.1, 0.15) is 15.9 Å². The summed E-state index contributed by atoms with van der Waals surface area (Å²) in [6, 6.07) is 12.3. The minimum Gasteiger partial charge on any atom is -0.348 e. The molecule has 3 aromatic carbocycles. The molecule has 0 aliphatic rings. The van der Waals surface area contributed by atoms with Crippen molar-refractivity contribution in [3.63, 3.8) is 0 Å². The third kappa shape index (κ3) is 5.26. The lowest BCUT2D eigenvalue weighted by atomic mass is 10.1. The van der Waals surface area contributed by atoms with Gasteiger partial charge < -0.3 is 5.32 Å². The smallest absolute Gasteiger partial charge is 0.264 e. The zero-order valence-corrected chi connectivity index (χ0v) is 21.8. The molecule has 1 heterocycles. The van der Waals surface area contributed by atoms with E-state index in [1.165, 1.54) is 30.3 Å². The predicted molar refractivity (Wildman–Crippen MR) is 135 cm³/mol. The third-order valence-electron chi connectivity index (χ3n) is 4.54. The van der Waals surface area contributed by atoms with Crippen LogP contribution in [0.15, 0.2) is 57.9 Å². The number of nitrogens with one attached hydrogen (secondary N) is 2. The van der Waals surface area contributed by atoms with Crippen LogP contribution in [0.3, 0.4) is 0 Å². The molecule has 4 rings (SSSR count). The highest BCUT2D eigenvalue weighted by atomic mass is 79.9. The second-order valence-corrected chi connectivity index (χ2v) is 11.1. The Hall–Kier alpha value is -1.95. The predicted octanol–water partition coefficient (Wildman–Crippen LogP) is 6.14. The lowest BCUT2D eigenvalue weighted by Crippen LogP contribution is -2.25. The molecule has 0 atom stereocenters. The lowest BCUT2D eigenvalue weighted by Gasteiger charge is -2.14. The van der Waals surface area contributed by atoms with Gasteiger partial charge in [0.25, 0.3) is 15.9 Å². The number of aromatic nitrogens is 2. The molecule has 2 N–H and O–H groups in total. The Balaban J connectivity index is 1.63. The van der Waals surface area contributed by atoms with Crippen LogP contribution in [0, 0.1) is 0 Å². The van der Waals surface area contributed by atoms with Crippen LogP contribution >= 0.6 is 62.5 Å². The molecule has 1 aromatic heterocycles. The number of hydrogen-bond donors (Lipinski definition) is 2. The normalized spacial score (nSPS) is 11.5. The van der Waals surface area contributed by atoms with Crippen molar-refractivity contribution in [2.45, 2.75) is 11.4 Å². The van der Waals surface area contributed by atoms with Crippen molar-refractivity contribution in [2.75, 3.05) is 4.72 Å². The van der Waals surface area contributed by atoms with E-state index in [2.05, 4.69) is 34.7 Å². The molecule has 0 fully saturated rings. The van der Waals surface area contributed by atoms with Crippen LogP contribution < -0.4 is 10.0 Å². The third-order valence-corrected chi connectivity index (χ3v) is 7.87. The van der Waals surface area contributed by atoms with E-state index in [1.807, 2.05) is 0 Å². The van der Waals surface area contributed by atoms with Gasteiger partial charge in [-0.15, -0.1) is 0 Å². The van der Waals surface area contributed by atoms with Crippen LogP contribution in [-0.2, 0) is 16.6 Å². The highest BCUT2D eigenvalue weighted by molar-refractivity contribution is 9.10. The largest absolute Gasteiger partial charge is 0.348 e. The number of amides is 1. The summed E-state index contributed by atoms with van der Waals surface area (Å²) in [6.07, 6.45) is 0. The molecular weight excluding hydrogens is 595 g/mol. The Labute approximate surface area is 216 Å². The zero-order valence-electron chi connectivity index (χ0n) is 16.3. The summed E-state index contributed by atoms with van der Waals surface area (Å²) in [4.78, 5) is 12.9. The quantitative estimate of drug-likeness (QED) is 0.275. The van der Waals surface area contributed by atoms with Crippen LogP contribution in [0.1, 0.15) is 15.9 Å². The van der Waals surface area contributed by atoms with Crippen LogP contribution in [0.2, 0.25) is 15.1 Å². The van der Waals surface area contributed by atoms with Crippen molar-refractivity contribution in [1.29, 1.82) is 0 Å². The number of nitrogens with zero attached hydrogens (tertiary/aromatic N) is 2. The first-order chi connectivity index (χ1) is 15.7. The van der Waals surface area contributed by atoms with Gasteiger partial charge in [0.15, 0.2) is 0 Å². The maximum Gasteiger partial charge on any atom is 0.264 e. The fourth-order valence-electron chi connectivity index (χ4n) is 3.00. The molecule has 1 amide bonds. The molecular formula is C20H12BrCl3N4O3S2. The number of fused-ring (bicyclic) bond motifs is 1. The number of anilines is 1. The number of hydrogen-bond acceptors (Lipinski definition) is 6. The monoisotopic (exact) mass is 604 g/mol. The molecule has 0 aliphatic carbocycles. The topological polar surface area (TPSA) is 101 Å². The van der Waals surface area contributed by atoms with Gasteiger partial charge in [0, 0.05) is 31.6 Å². The van der Waals surface area contributed by atoms with Gasteiger partial charge in [-0.05, 0) is 42.5 Å². The Morgan fingerprint density at radius 2 is 1.76 bits per heavy atom. The zero-order chi connectivity index (χ0) is 23.8. The average molecular weight is 607 g/mol. The van der Waals surface area contributed by atoms with Crippen LogP contribution in [-0.4, -0.2) is 23.1 Å². The molecule has 33 heavy (non-hydrogen) atoms. The molecule has 13 heteroatoms. The van der Waals surface area contributed by atoms with E-state index in [1.54, 1.807) is 18.2 Å². The average Bonchev–Trinajstić information content (AvgIpc) is 3.21. The first-order valence-electron chi connectivity index (χ1n) is 9.11. The molecule has 0 unspecified atom stereocenters. The molecule has 0 saturated carbocycles. The minimum absolute atomic E-state index is 0.0136.